The van der Waals surface area contributed by atoms with Crippen molar-refractivity contribution in [2.45, 2.75) is 51.7 Å². The molecule has 1 unspecified atom stereocenters. The zero-order valence-electron chi connectivity index (χ0n) is 21.3. The summed E-state index contributed by atoms with van der Waals surface area (Å²) in [6, 6.07) is 13.8. The highest BCUT2D eigenvalue weighted by atomic mass is 16.5. The van der Waals surface area contributed by atoms with Gasteiger partial charge < -0.3 is 19.7 Å². The molecule has 36 heavy (non-hydrogen) atoms. The molecule has 0 spiro atoms. The van der Waals surface area contributed by atoms with Crippen LogP contribution < -0.4 is 10.1 Å². The smallest absolute Gasteiger partial charge is 0.236 e. The lowest BCUT2D eigenvalue weighted by Crippen LogP contribution is -2.37. The molecular weight excluding hydrogens is 452 g/mol. The summed E-state index contributed by atoms with van der Waals surface area (Å²) < 4.78 is 11.3. The normalized spacial score (nSPS) is 17.1. The number of nitrogens with zero attached hydrogens (tertiary/aromatic N) is 3. The number of carbonyl (C=O) groups excluding carboxylic acids is 1. The van der Waals surface area contributed by atoms with E-state index in [2.05, 4.69) is 24.0 Å². The Bertz CT molecular complexity index is 1210. The summed E-state index contributed by atoms with van der Waals surface area (Å²) in [6.07, 6.45) is 3.98. The van der Waals surface area contributed by atoms with Crippen molar-refractivity contribution in [1.82, 2.24) is 10.2 Å². The molecule has 1 atom stereocenters. The Balaban J connectivity index is 1.52. The number of aliphatic imine (C=N–C) groups is 1. The highest BCUT2D eigenvalue weighted by Gasteiger charge is 2.27. The fourth-order valence-electron chi connectivity index (χ4n) is 4.94. The summed E-state index contributed by atoms with van der Waals surface area (Å²) in [5.74, 6) is 1.10. The molecule has 7 nitrogen and oxygen atoms in total. The molecule has 1 amide bonds. The van der Waals surface area contributed by atoms with Crippen molar-refractivity contribution >= 4 is 17.5 Å². The molecule has 188 valence electrons. The second-order valence-corrected chi connectivity index (χ2v) is 9.49. The van der Waals surface area contributed by atoms with Gasteiger partial charge in [0.2, 0.25) is 11.8 Å². The van der Waals surface area contributed by atoms with Gasteiger partial charge in [0.05, 0.1) is 31.0 Å². The van der Waals surface area contributed by atoms with E-state index in [4.69, 9.17) is 14.5 Å². The molecule has 7 heteroatoms. The van der Waals surface area contributed by atoms with Gasteiger partial charge >= 0.3 is 0 Å². The lowest BCUT2D eigenvalue weighted by atomic mass is 10.0. The van der Waals surface area contributed by atoms with Crippen LogP contribution in [0.5, 0.6) is 5.75 Å². The minimum Gasteiger partial charge on any atom is -0.490 e. The number of hydrogen-bond acceptors (Lipinski definition) is 6. The maximum atomic E-state index is 12.5. The van der Waals surface area contributed by atoms with Crippen molar-refractivity contribution in [2.24, 2.45) is 4.99 Å². The minimum absolute atomic E-state index is 0.0323. The predicted octanol–water partition coefficient (Wildman–Crippen LogP) is 4.61. The molecule has 1 heterocycles. The number of amides is 1. The molecule has 0 radical (unpaired) electrons. The summed E-state index contributed by atoms with van der Waals surface area (Å²) >= 11 is 0. The van der Waals surface area contributed by atoms with Crippen LogP contribution in [0.1, 0.15) is 67.0 Å². The Morgan fingerprint density at radius 3 is 2.75 bits per heavy atom. The third kappa shape index (κ3) is 5.60. The standard InChI is InChI=1S/C29H34N4O3/c1-19(2)36-27-13-10-21(16-22(27)17-30)29(35-4)32-20(3)23-8-7-9-25-24(23)11-12-26(25)31-18-28(34)33-14-5-6-15-33/h7-10,13,16,19,26,31H,3,5-6,11-12,14-15,18H2,1-2,4H3. The third-order valence-electron chi connectivity index (χ3n) is 6.68. The topological polar surface area (TPSA) is 87.0 Å². The van der Waals surface area contributed by atoms with E-state index in [-0.39, 0.29) is 18.1 Å². The highest BCUT2D eigenvalue weighted by molar-refractivity contribution is 5.98. The Morgan fingerprint density at radius 1 is 1.28 bits per heavy atom. The summed E-state index contributed by atoms with van der Waals surface area (Å²) in [6.45, 7) is 10.2. The van der Waals surface area contributed by atoms with E-state index < -0.39 is 0 Å². The zero-order valence-corrected chi connectivity index (χ0v) is 21.3. The van der Waals surface area contributed by atoms with E-state index in [9.17, 15) is 10.1 Å². The lowest BCUT2D eigenvalue weighted by Gasteiger charge is -2.19. The molecule has 1 aliphatic heterocycles. The van der Waals surface area contributed by atoms with Crippen molar-refractivity contribution < 1.29 is 14.3 Å². The Kier molecular flexibility index (Phi) is 8.07. The van der Waals surface area contributed by atoms with Crippen LogP contribution in [0, 0.1) is 11.3 Å². The van der Waals surface area contributed by atoms with E-state index in [1.54, 1.807) is 19.2 Å². The first kappa shape index (κ1) is 25.5. The fraction of sp³-hybridized carbons (Fsp3) is 0.414. The first-order chi connectivity index (χ1) is 17.4. The zero-order chi connectivity index (χ0) is 25.7. The number of carbonyl (C=O) groups is 1. The van der Waals surface area contributed by atoms with E-state index >= 15 is 0 Å². The second-order valence-electron chi connectivity index (χ2n) is 9.49. The van der Waals surface area contributed by atoms with E-state index in [1.165, 1.54) is 11.1 Å². The molecule has 4 rings (SSSR count). The number of likely N-dealkylation sites (tertiary alicyclic amines) is 1. The SMILES string of the molecule is C=C(N=C(OC)c1ccc(OC(C)C)c(C#N)c1)c1cccc2c1CCC2NCC(=O)N1CCCC1. The van der Waals surface area contributed by atoms with E-state index in [1.807, 2.05) is 36.9 Å². The molecule has 1 fully saturated rings. The molecule has 0 bridgehead atoms. The van der Waals surface area contributed by atoms with Crippen LogP contribution in [0.3, 0.4) is 0 Å². The van der Waals surface area contributed by atoms with Crippen molar-refractivity contribution in [3.63, 3.8) is 0 Å². The molecular formula is C29H34N4O3. The number of ether oxygens (including phenoxy) is 2. The Labute approximate surface area is 213 Å². The largest absolute Gasteiger partial charge is 0.490 e. The maximum absolute atomic E-state index is 12.5. The van der Waals surface area contributed by atoms with E-state index in [0.29, 0.717) is 35.0 Å². The van der Waals surface area contributed by atoms with Crippen LogP contribution in [0.15, 0.2) is 48.0 Å². The highest BCUT2D eigenvalue weighted by Crippen LogP contribution is 2.36. The first-order valence-corrected chi connectivity index (χ1v) is 12.6. The van der Waals surface area contributed by atoms with Crippen LogP contribution in [-0.4, -0.2) is 49.6 Å². The van der Waals surface area contributed by atoms with Crippen molar-refractivity contribution in [2.75, 3.05) is 26.7 Å². The van der Waals surface area contributed by atoms with Gasteiger partial charge in [-0.2, -0.15) is 5.26 Å². The quantitative estimate of drug-likeness (QED) is 0.435. The third-order valence-corrected chi connectivity index (χ3v) is 6.68. The van der Waals surface area contributed by atoms with Crippen molar-refractivity contribution in [1.29, 1.82) is 5.26 Å². The van der Waals surface area contributed by atoms with Gasteiger partial charge in [0.1, 0.15) is 11.8 Å². The van der Waals surface area contributed by atoms with Gasteiger partial charge in [0.15, 0.2) is 0 Å². The molecule has 1 aliphatic carbocycles. The average Bonchev–Trinajstić information content (AvgIpc) is 3.56. The Morgan fingerprint density at radius 2 is 2.06 bits per heavy atom. The number of nitriles is 1. The number of nitrogens with one attached hydrogen (secondary N) is 1. The van der Waals surface area contributed by atoms with Crippen molar-refractivity contribution in [3.8, 4) is 11.8 Å². The summed E-state index contributed by atoms with van der Waals surface area (Å²) in [5.41, 5.74) is 5.06. The molecule has 0 aromatic heterocycles. The monoisotopic (exact) mass is 486 g/mol. The molecule has 2 aromatic rings. The van der Waals surface area contributed by atoms with Gasteiger partial charge in [-0.25, -0.2) is 4.99 Å². The van der Waals surface area contributed by atoms with Crippen LogP contribution in [0.25, 0.3) is 5.70 Å². The van der Waals surface area contributed by atoms with E-state index in [0.717, 1.165) is 44.3 Å². The fourth-order valence-corrected chi connectivity index (χ4v) is 4.94. The number of rotatable bonds is 8. The van der Waals surface area contributed by atoms with Crippen LogP contribution in [-0.2, 0) is 16.0 Å². The number of fused-ring (bicyclic) bond motifs is 1. The summed E-state index contributed by atoms with van der Waals surface area (Å²) in [7, 11) is 1.56. The molecule has 2 aromatic carbocycles. The molecule has 1 saturated heterocycles. The van der Waals surface area contributed by atoms with Gasteiger partial charge in [0.25, 0.3) is 0 Å². The minimum atomic E-state index is -0.0323. The summed E-state index contributed by atoms with van der Waals surface area (Å²) in [5, 5.41) is 13.0. The van der Waals surface area contributed by atoms with Gasteiger partial charge in [0, 0.05) is 30.3 Å². The van der Waals surface area contributed by atoms with Crippen molar-refractivity contribution in [3.05, 3.63) is 70.8 Å². The number of hydrogen-bond donors (Lipinski definition) is 1. The van der Waals surface area contributed by atoms with Crippen LogP contribution in [0.4, 0.5) is 0 Å². The van der Waals surface area contributed by atoms with Crippen LogP contribution in [0.2, 0.25) is 0 Å². The second kappa shape index (κ2) is 11.4. The molecule has 1 N–H and O–H groups in total. The molecule has 0 saturated carbocycles. The lowest BCUT2D eigenvalue weighted by molar-refractivity contribution is -0.129. The van der Waals surface area contributed by atoms with Gasteiger partial charge in [-0.05, 0) is 68.9 Å². The predicted molar refractivity (Wildman–Crippen MR) is 141 cm³/mol. The maximum Gasteiger partial charge on any atom is 0.236 e. The number of benzene rings is 2. The Hall–Kier alpha value is -3.63. The van der Waals surface area contributed by atoms with Gasteiger partial charge in [-0.1, -0.05) is 24.8 Å². The number of methoxy groups -OCH3 is 1. The molecule has 2 aliphatic rings. The van der Waals surface area contributed by atoms with Gasteiger partial charge in [-0.15, -0.1) is 0 Å². The first-order valence-electron chi connectivity index (χ1n) is 12.6. The summed E-state index contributed by atoms with van der Waals surface area (Å²) in [4.78, 5) is 19.1. The van der Waals surface area contributed by atoms with Crippen LogP contribution >= 0.6 is 0 Å². The van der Waals surface area contributed by atoms with Gasteiger partial charge in [-0.3, -0.25) is 4.79 Å². The average molecular weight is 487 g/mol.